The van der Waals surface area contributed by atoms with Crippen molar-refractivity contribution in [2.24, 2.45) is 5.73 Å². The molecular formula is C8H15N3O2. The number of carbonyl (C=O) groups excluding carboxylic acids is 2. The van der Waals surface area contributed by atoms with Gasteiger partial charge in [0.1, 0.15) is 5.78 Å². The molecule has 1 saturated heterocycles. The Morgan fingerprint density at radius 3 is 2.15 bits per heavy atom. The van der Waals surface area contributed by atoms with Crippen LogP contribution in [0.5, 0.6) is 0 Å². The summed E-state index contributed by atoms with van der Waals surface area (Å²) in [6.07, 6.45) is 0. The summed E-state index contributed by atoms with van der Waals surface area (Å²) in [6, 6.07) is -0.373. The van der Waals surface area contributed by atoms with Gasteiger partial charge in [-0.3, -0.25) is 9.69 Å². The van der Waals surface area contributed by atoms with Gasteiger partial charge in [-0.2, -0.15) is 0 Å². The quantitative estimate of drug-likeness (QED) is 0.617. The second-order valence-corrected chi connectivity index (χ2v) is 3.30. The summed E-state index contributed by atoms with van der Waals surface area (Å²) in [6.45, 7) is 4.78. The van der Waals surface area contributed by atoms with E-state index in [1.54, 1.807) is 11.8 Å². The lowest BCUT2D eigenvalue weighted by Crippen LogP contribution is -2.51. The number of urea groups is 1. The maximum absolute atomic E-state index is 10.8. The van der Waals surface area contributed by atoms with Crippen LogP contribution >= 0.6 is 0 Å². The number of ketones is 1. The monoisotopic (exact) mass is 185 g/mol. The maximum Gasteiger partial charge on any atom is 0.314 e. The molecule has 0 atom stereocenters. The molecule has 0 radical (unpaired) electrons. The Labute approximate surface area is 77.5 Å². The van der Waals surface area contributed by atoms with E-state index >= 15 is 0 Å². The number of carbonyl (C=O) groups is 2. The standard InChI is InChI=1S/C8H15N3O2/c1-7(12)6-10-2-4-11(5-3-10)8(9)13/h2-6H2,1H3,(H2,9,13). The van der Waals surface area contributed by atoms with Crippen LogP contribution in [0, 0.1) is 0 Å². The van der Waals surface area contributed by atoms with Crippen LogP contribution in [0.1, 0.15) is 6.92 Å². The number of nitrogens with two attached hydrogens (primary N) is 1. The van der Waals surface area contributed by atoms with E-state index < -0.39 is 0 Å². The molecule has 2 N–H and O–H groups in total. The Balaban J connectivity index is 2.30. The van der Waals surface area contributed by atoms with Crippen LogP contribution in [-0.4, -0.2) is 54.3 Å². The van der Waals surface area contributed by atoms with Crippen molar-refractivity contribution in [3.63, 3.8) is 0 Å². The zero-order chi connectivity index (χ0) is 9.84. The highest BCUT2D eigenvalue weighted by Gasteiger charge is 2.19. The smallest absolute Gasteiger partial charge is 0.314 e. The lowest BCUT2D eigenvalue weighted by Gasteiger charge is -2.32. The van der Waals surface area contributed by atoms with Crippen molar-refractivity contribution in [2.45, 2.75) is 6.92 Å². The summed E-state index contributed by atoms with van der Waals surface area (Å²) in [4.78, 5) is 25.1. The third kappa shape index (κ3) is 3.02. The molecule has 1 fully saturated rings. The van der Waals surface area contributed by atoms with Crippen molar-refractivity contribution in [3.05, 3.63) is 0 Å². The Morgan fingerprint density at radius 2 is 1.77 bits per heavy atom. The molecule has 1 rings (SSSR count). The number of amides is 2. The highest BCUT2D eigenvalue weighted by Crippen LogP contribution is 2.00. The van der Waals surface area contributed by atoms with E-state index in [2.05, 4.69) is 0 Å². The lowest BCUT2D eigenvalue weighted by molar-refractivity contribution is -0.118. The number of Topliss-reactive ketones (excluding diaryl/α,β-unsaturated/α-hetero) is 1. The third-order valence-corrected chi connectivity index (χ3v) is 2.13. The van der Waals surface area contributed by atoms with Crippen molar-refractivity contribution in [2.75, 3.05) is 32.7 Å². The first-order chi connectivity index (χ1) is 6.09. The second kappa shape index (κ2) is 4.23. The first-order valence-electron chi connectivity index (χ1n) is 4.36. The van der Waals surface area contributed by atoms with Gasteiger partial charge in [-0.25, -0.2) is 4.79 Å². The topological polar surface area (TPSA) is 66.6 Å². The molecule has 2 amide bonds. The SMILES string of the molecule is CC(=O)CN1CCN(C(N)=O)CC1. The molecule has 5 nitrogen and oxygen atoms in total. The number of hydrogen-bond acceptors (Lipinski definition) is 3. The molecule has 0 spiro atoms. The Morgan fingerprint density at radius 1 is 1.23 bits per heavy atom. The van der Waals surface area contributed by atoms with Gasteiger partial charge < -0.3 is 10.6 Å². The summed E-state index contributed by atoms with van der Waals surface area (Å²) < 4.78 is 0. The van der Waals surface area contributed by atoms with Gasteiger partial charge in [-0.05, 0) is 6.92 Å². The Kier molecular flexibility index (Phi) is 3.25. The van der Waals surface area contributed by atoms with Crippen LogP contribution < -0.4 is 5.73 Å². The van der Waals surface area contributed by atoms with Gasteiger partial charge in [0.2, 0.25) is 0 Å². The summed E-state index contributed by atoms with van der Waals surface area (Å²) in [5, 5.41) is 0. The Bertz CT molecular complexity index is 209. The molecule has 0 aromatic rings. The highest BCUT2D eigenvalue weighted by molar-refractivity contribution is 5.77. The van der Waals surface area contributed by atoms with Crippen LogP contribution in [-0.2, 0) is 4.79 Å². The van der Waals surface area contributed by atoms with E-state index in [9.17, 15) is 9.59 Å². The van der Waals surface area contributed by atoms with Gasteiger partial charge in [-0.1, -0.05) is 0 Å². The largest absolute Gasteiger partial charge is 0.351 e. The molecule has 0 bridgehead atoms. The number of nitrogens with zero attached hydrogens (tertiary/aromatic N) is 2. The average Bonchev–Trinajstić information content (AvgIpc) is 2.04. The minimum Gasteiger partial charge on any atom is -0.351 e. The van der Waals surface area contributed by atoms with Crippen molar-refractivity contribution in [1.82, 2.24) is 9.80 Å². The molecule has 0 saturated carbocycles. The molecule has 74 valence electrons. The molecule has 5 heteroatoms. The maximum atomic E-state index is 10.8. The van der Waals surface area contributed by atoms with Crippen molar-refractivity contribution >= 4 is 11.8 Å². The molecule has 1 aliphatic rings. The fourth-order valence-electron chi connectivity index (χ4n) is 1.44. The van der Waals surface area contributed by atoms with Gasteiger partial charge in [-0.15, -0.1) is 0 Å². The van der Waals surface area contributed by atoms with Gasteiger partial charge in [0.25, 0.3) is 0 Å². The lowest BCUT2D eigenvalue weighted by atomic mass is 10.3. The van der Waals surface area contributed by atoms with Gasteiger partial charge in [0, 0.05) is 26.2 Å². The molecule has 0 unspecified atom stereocenters. The number of piperazine rings is 1. The molecule has 0 aromatic heterocycles. The van der Waals surface area contributed by atoms with E-state index in [0.29, 0.717) is 19.6 Å². The van der Waals surface area contributed by atoms with E-state index in [1.165, 1.54) is 0 Å². The Hall–Kier alpha value is -1.10. The normalized spacial score (nSPS) is 18.7. The number of rotatable bonds is 2. The molecule has 0 aliphatic carbocycles. The van der Waals surface area contributed by atoms with Crippen molar-refractivity contribution in [3.8, 4) is 0 Å². The summed E-state index contributed by atoms with van der Waals surface area (Å²) in [5.41, 5.74) is 5.12. The van der Waals surface area contributed by atoms with Crippen LogP contribution in [0.4, 0.5) is 4.79 Å². The van der Waals surface area contributed by atoms with E-state index in [4.69, 9.17) is 5.73 Å². The zero-order valence-electron chi connectivity index (χ0n) is 7.82. The van der Waals surface area contributed by atoms with Crippen LogP contribution in [0.2, 0.25) is 0 Å². The molecule has 0 aromatic carbocycles. The fourth-order valence-corrected chi connectivity index (χ4v) is 1.44. The molecular weight excluding hydrogens is 170 g/mol. The van der Waals surface area contributed by atoms with E-state index in [1.807, 2.05) is 4.90 Å². The van der Waals surface area contributed by atoms with Crippen molar-refractivity contribution in [1.29, 1.82) is 0 Å². The van der Waals surface area contributed by atoms with Gasteiger partial charge in [0.05, 0.1) is 6.54 Å². The molecule has 13 heavy (non-hydrogen) atoms. The highest BCUT2D eigenvalue weighted by atomic mass is 16.2. The second-order valence-electron chi connectivity index (χ2n) is 3.30. The van der Waals surface area contributed by atoms with Crippen LogP contribution in [0.3, 0.4) is 0 Å². The first kappa shape index (κ1) is 9.98. The third-order valence-electron chi connectivity index (χ3n) is 2.13. The molecule has 1 heterocycles. The number of primary amides is 1. The van der Waals surface area contributed by atoms with E-state index in [-0.39, 0.29) is 11.8 Å². The zero-order valence-corrected chi connectivity index (χ0v) is 7.82. The van der Waals surface area contributed by atoms with Gasteiger partial charge >= 0.3 is 6.03 Å². The minimum atomic E-state index is -0.373. The molecule has 1 aliphatic heterocycles. The predicted octanol–water partition coefficient (Wildman–Crippen LogP) is -0.728. The van der Waals surface area contributed by atoms with Crippen LogP contribution in [0.25, 0.3) is 0 Å². The van der Waals surface area contributed by atoms with Crippen molar-refractivity contribution < 1.29 is 9.59 Å². The first-order valence-corrected chi connectivity index (χ1v) is 4.36. The number of hydrogen-bond donors (Lipinski definition) is 1. The fraction of sp³-hybridized carbons (Fsp3) is 0.750. The summed E-state index contributed by atoms with van der Waals surface area (Å²) in [7, 11) is 0. The average molecular weight is 185 g/mol. The summed E-state index contributed by atoms with van der Waals surface area (Å²) in [5.74, 6) is 0.160. The predicted molar refractivity (Wildman–Crippen MR) is 48.3 cm³/mol. The van der Waals surface area contributed by atoms with E-state index in [0.717, 1.165) is 13.1 Å². The van der Waals surface area contributed by atoms with Crippen LogP contribution in [0.15, 0.2) is 0 Å². The minimum absolute atomic E-state index is 0.160. The summed E-state index contributed by atoms with van der Waals surface area (Å²) >= 11 is 0. The van der Waals surface area contributed by atoms with Gasteiger partial charge in [0.15, 0.2) is 0 Å².